The van der Waals surface area contributed by atoms with Crippen LogP contribution >= 0.6 is 0 Å². The van der Waals surface area contributed by atoms with Crippen LogP contribution in [-0.2, 0) is 0 Å². The molecule has 13 heavy (non-hydrogen) atoms. The minimum absolute atomic E-state index is 0.492. The molecule has 78 valence electrons. The van der Waals surface area contributed by atoms with E-state index in [-0.39, 0.29) is 0 Å². The van der Waals surface area contributed by atoms with Crippen LogP contribution in [0.25, 0.3) is 0 Å². The van der Waals surface area contributed by atoms with Gasteiger partial charge in [-0.3, -0.25) is 4.90 Å². The smallest absolute Gasteiger partial charge is 0.0748 e. The fourth-order valence-electron chi connectivity index (χ4n) is 2.38. The summed E-state index contributed by atoms with van der Waals surface area (Å²) in [6.07, 6.45) is 0.901. The van der Waals surface area contributed by atoms with E-state index in [1.807, 2.05) is 6.92 Å². The van der Waals surface area contributed by atoms with Crippen molar-refractivity contribution in [3.63, 3.8) is 0 Å². The highest BCUT2D eigenvalue weighted by Gasteiger charge is 2.30. The van der Waals surface area contributed by atoms with Crippen LogP contribution in [0.5, 0.6) is 0 Å². The van der Waals surface area contributed by atoms with Gasteiger partial charge >= 0.3 is 0 Å². The van der Waals surface area contributed by atoms with Crippen molar-refractivity contribution in [2.24, 2.45) is 11.8 Å². The van der Waals surface area contributed by atoms with E-state index in [2.05, 4.69) is 25.7 Å². The van der Waals surface area contributed by atoms with Crippen LogP contribution in [0.4, 0.5) is 0 Å². The molecule has 2 heteroatoms. The van der Waals surface area contributed by atoms with Crippen LogP contribution in [-0.4, -0.2) is 35.2 Å². The van der Waals surface area contributed by atoms with E-state index in [1.165, 1.54) is 0 Å². The maximum atomic E-state index is 10.1. The van der Waals surface area contributed by atoms with Gasteiger partial charge < -0.3 is 5.11 Å². The fraction of sp³-hybridized carbons (Fsp3) is 1.00. The van der Waals surface area contributed by atoms with Gasteiger partial charge in [-0.25, -0.2) is 0 Å². The Hall–Kier alpha value is -0.0800. The van der Waals surface area contributed by atoms with Gasteiger partial charge in [-0.05, 0) is 25.2 Å². The summed E-state index contributed by atoms with van der Waals surface area (Å²) >= 11 is 0. The quantitative estimate of drug-likeness (QED) is 0.721. The maximum Gasteiger partial charge on any atom is 0.0748 e. The highest BCUT2D eigenvalue weighted by Crippen LogP contribution is 2.22. The second-order valence-electron chi connectivity index (χ2n) is 5.39. The topological polar surface area (TPSA) is 23.5 Å². The largest absolute Gasteiger partial charge is 0.389 e. The van der Waals surface area contributed by atoms with E-state index >= 15 is 0 Å². The summed E-state index contributed by atoms with van der Waals surface area (Å²) in [6, 6.07) is 0. The minimum Gasteiger partial charge on any atom is -0.389 e. The third-order valence-electron chi connectivity index (χ3n) is 2.55. The number of nitrogens with zero attached hydrogens (tertiary/aromatic N) is 1. The van der Waals surface area contributed by atoms with Gasteiger partial charge in [-0.1, -0.05) is 20.8 Å². The molecule has 1 atom stereocenters. The van der Waals surface area contributed by atoms with Gasteiger partial charge in [0.15, 0.2) is 0 Å². The van der Waals surface area contributed by atoms with Gasteiger partial charge in [0.25, 0.3) is 0 Å². The molecular formula is C11H23NO. The number of aliphatic hydroxyl groups is 1. The van der Waals surface area contributed by atoms with E-state index in [9.17, 15) is 5.11 Å². The van der Waals surface area contributed by atoms with Crippen molar-refractivity contribution in [3.8, 4) is 0 Å². The SMILES string of the molecule is CC(C)CC(C)(O)CN1CC(C)C1. The molecule has 0 aromatic carbocycles. The average molecular weight is 185 g/mol. The van der Waals surface area contributed by atoms with Gasteiger partial charge in [0.2, 0.25) is 0 Å². The third-order valence-corrected chi connectivity index (χ3v) is 2.55. The number of hydrogen-bond donors (Lipinski definition) is 1. The van der Waals surface area contributed by atoms with Gasteiger partial charge in [-0.15, -0.1) is 0 Å². The second-order valence-corrected chi connectivity index (χ2v) is 5.39. The van der Waals surface area contributed by atoms with Crippen molar-refractivity contribution < 1.29 is 5.11 Å². The average Bonchev–Trinajstić information content (AvgIpc) is 1.79. The van der Waals surface area contributed by atoms with Gasteiger partial charge in [-0.2, -0.15) is 0 Å². The Bertz CT molecular complexity index is 159. The van der Waals surface area contributed by atoms with Crippen LogP contribution in [0.2, 0.25) is 0 Å². The summed E-state index contributed by atoms with van der Waals surface area (Å²) in [6.45, 7) is 11.7. The first kappa shape index (κ1) is 11.0. The van der Waals surface area contributed by atoms with Crippen LogP contribution < -0.4 is 0 Å². The first-order valence-corrected chi connectivity index (χ1v) is 5.34. The number of hydrogen-bond acceptors (Lipinski definition) is 2. The lowest BCUT2D eigenvalue weighted by Crippen LogP contribution is -2.52. The fourth-order valence-corrected chi connectivity index (χ4v) is 2.38. The molecule has 2 nitrogen and oxygen atoms in total. The molecule has 0 spiro atoms. The minimum atomic E-state index is -0.492. The van der Waals surface area contributed by atoms with E-state index in [0.717, 1.165) is 32.0 Å². The maximum absolute atomic E-state index is 10.1. The highest BCUT2D eigenvalue weighted by molar-refractivity contribution is 4.84. The molecule has 0 aromatic rings. The monoisotopic (exact) mass is 185 g/mol. The zero-order chi connectivity index (χ0) is 10.1. The molecule has 0 bridgehead atoms. The first-order chi connectivity index (χ1) is 5.89. The predicted molar refractivity (Wildman–Crippen MR) is 55.7 cm³/mol. The van der Waals surface area contributed by atoms with Crippen molar-refractivity contribution in [2.45, 2.75) is 39.7 Å². The Morgan fingerprint density at radius 2 is 2.00 bits per heavy atom. The van der Waals surface area contributed by atoms with Crippen molar-refractivity contribution in [2.75, 3.05) is 19.6 Å². The molecule has 1 rings (SSSR count). The van der Waals surface area contributed by atoms with Crippen LogP contribution in [0.1, 0.15) is 34.1 Å². The Balaban J connectivity index is 2.25. The molecule has 0 saturated carbocycles. The second kappa shape index (κ2) is 3.97. The van der Waals surface area contributed by atoms with E-state index in [1.54, 1.807) is 0 Å². The zero-order valence-corrected chi connectivity index (χ0v) is 9.38. The highest BCUT2D eigenvalue weighted by atomic mass is 16.3. The van der Waals surface area contributed by atoms with Crippen molar-refractivity contribution in [1.29, 1.82) is 0 Å². The van der Waals surface area contributed by atoms with Crippen LogP contribution in [0.3, 0.4) is 0 Å². The molecule has 1 fully saturated rings. The Kier molecular flexibility index (Phi) is 3.36. The summed E-state index contributed by atoms with van der Waals surface area (Å²) < 4.78 is 0. The molecule has 1 aliphatic rings. The molecule has 1 unspecified atom stereocenters. The normalized spacial score (nSPS) is 24.5. The first-order valence-electron chi connectivity index (χ1n) is 5.34. The third kappa shape index (κ3) is 3.65. The van der Waals surface area contributed by atoms with E-state index in [0.29, 0.717) is 5.92 Å². The lowest BCUT2D eigenvalue weighted by molar-refractivity contribution is -0.0279. The molecule has 1 saturated heterocycles. The van der Waals surface area contributed by atoms with E-state index < -0.39 is 5.60 Å². The number of β-amino-alcohol motifs (C(OH)–C–C–N with tert-alkyl or cyclic N) is 1. The molecular weight excluding hydrogens is 162 g/mol. The molecule has 0 aromatic heterocycles. The van der Waals surface area contributed by atoms with Crippen LogP contribution in [0, 0.1) is 11.8 Å². The standard InChI is InChI=1S/C11H23NO/c1-9(2)5-11(4,13)8-12-6-10(3)7-12/h9-10,13H,5-8H2,1-4H3. The van der Waals surface area contributed by atoms with Gasteiger partial charge in [0.1, 0.15) is 0 Å². The summed E-state index contributed by atoms with van der Waals surface area (Å²) in [4.78, 5) is 2.34. The Morgan fingerprint density at radius 3 is 2.38 bits per heavy atom. The lowest BCUT2D eigenvalue weighted by Gasteiger charge is -2.41. The molecule has 0 aliphatic carbocycles. The van der Waals surface area contributed by atoms with Crippen molar-refractivity contribution in [1.82, 2.24) is 4.90 Å². The number of likely N-dealkylation sites (tertiary alicyclic amines) is 1. The Labute approximate surface area is 81.9 Å². The summed E-state index contributed by atoms with van der Waals surface area (Å²) in [7, 11) is 0. The number of rotatable bonds is 4. The summed E-state index contributed by atoms with van der Waals surface area (Å²) in [5.41, 5.74) is -0.492. The predicted octanol–water partition coefficient (Wildman–Crippen LogP) is 1.74. The van der Waals surface area contributed by atoms with E-state index in [4.69, 9.17) is 0 Å². The summed E-state index contributed by atoms with van der Waals surface area (Å²) in [5.74, 6) is 1.41. The molecule has 1 N–H and O–H groups in total. The molecule has 1 aliphatic heterocycles. The molecule has 1 heterocycles. The zero-order valence-electron chi connectivity index (χ0n) is 9.38. The van der Waals surface area contributed by atoms with Crippen molar-refractivity contribution in [3.05, 3.63) is 0 Å². The van der Waals surface area contributed by atoms with Crippen molar-refractivity contribution >= 4 is 0 Å². The van der Waals surface area contributed by atoms with Gasteiger partial charge in [0.05, 0.1) is 5.60 Å². The Morgan fingerprint density at radius 1 is 1.46 bits per heavy atom. The summed E-state index contributed by atoms with van der Waals surface area (Å²) in [5, 5.41) is 10.1. The molecule has 0 radical (unpaired) electrons. The lowest BCUT2D eigenvalue weighted by atomic mass is 9.91. The molecule has 0 amide bonds. The van der Waals surface area contributed by atoms with Crippen LogP contribution in [0.15, 0.2) is 0 Å². The van der Waals surface area contributed by atoms with Gasteiger partial charge in [0, 0.05) is 19.6 Å².